The molecule has 1 fully saturated rings. The van der Waals surface area contributed by atoms with Crippen molar-refractivity contribution in [2.24, 2.45) is 5.11 Å². The molecule has 0 aromatic heterocycles. The standard InChI is InChI=1S/C11H20N4O3/c1-2-3-9-8-11(10(16)17,4-7-18-9)13-5-6-14-15-12/h9,13H,2-8H2,1H3,(H,16,17). The molecular formula is C11H20N4O3. The summed E-state index contributed by atoms with van der Waals surface area (Å²) in [6.07, 6.45) is 2.74. The van der Waals surface area contributed by atoms with Crippen LogP contribution >= 0.6 is 0 Å². The van der Waals surface area contributed by atoms with Crippen molar-refractivity contribution < 1.29 is 14.6 Å². The molecule has 2 atom stereocenters. The first-order valence-corrected chi connectivity index (χ1v) is 6.25. The largest absolute Gasteiger partial charge is 0.480 e. The highest BCUT2D eigenvalue weighted by molar-refractivity contribution is 5.79. The number of azide groups is 1. The summed E-state index contributed by atoms with van der Waals surface area (Å²) in [5, 5.41) is 15.8. The second kappa shape index (κ2) is 7.20. The van der Waals surface area contributed by atoms with Crippen molar-refractivity contribution in [2.45, 2.75) is 44.2 Å². The van der Waals surface area contributed by atoms with Crippen molar-refractivity contribution in [1.29, 1.82) is 0 Å². The van der Waals surface area contributed by atoms with E-state index in [1.807, 2.05) is 0 Å². The van der Waals surface area contributed by atoms with E-state index in [0.717, 1.165) is 12.8 Å². The summed E-state index contributed by atoms with van der Waals surface area (Å²) in [6.45, 7) is 3.13. The third-order valence-corrected chi connectivity index (χ3v) is 3.22. The van der Waals surface area contributed by atoms with Gasteiger partial charge in [-0.1, -0.05) is 18.5 Å². The highest BCUT2D eigenvalue weighted by Gasteiger charge is 2.42. The fourth-order valence-electron chi connectivity index (χ4n) is 2.28. The average Bonchev–Trinajstić information content (AvgIpc) is 2.35. The van der Waals surface area contributed by atoms with Crippen LogP contribution < -0.4 is 5.32 Å². The molecule has 102 valence electrons. The van der Waals surface area contributed by atoms with Crippen LogP contribution in [-0.4, -0.2) is 42.4 Å². The zero-order valence-electron chi connectivity index (χ0n) is 10.6. The number of rotatable bonds is 7. The van der Waals surface area contributed by atoms with Crippen LogP contribution in [-0.2, 0) is 9.53 Å². The van der Waals surface area contributed by atoms with Gasteiger partial charge in [-0.05, 0) is 18.4 Å². The highest BCUT2D eigenvalue weighted by atomic mass is 16.5. The fraction of sp³-hybridized carbons (Fsp3) is 0.909. The van der Waals surface area contributed by atoms with Crippen molar-refractivity contribution >= 4 is 5.97 Å². The minimum Gasteiger partial charge on any atom is -0.480 e. The zero-order chi connectivity index (χ0) is 13.4. The number of hydrogen-bond acceptors (Lipinski definition) is 4. The Morgan fingerprint density at radius 2 is 2.50 bits per heavy atom. The Labute approximate surface area is 106 Å². The number of hydrogen-bond donors (Lipinski definition) is 2. The van der Waals surface area contributed by atoms with E-state index >= 15 is 0 Å². The van der Waals surface area contributed by atoms with Crippen LogP contribution in [0.3, 0.4) is 0 Å². The Kier molecular flexibility index (Phi) is 5.91. The molecular weight excluding hydrogens is 236 g/mol. The summed E-state index contributed by atoms with van der Waals surface area (Å²) < 4.78 is 5.57. The molecule has 2 unspecified atom stereocenters. The van der Waals surface area contributed by atoms with Crippen molar-refractivity contribution in [1.82, 2.24) is 5.32 Å². The molecule has 0 saturated carbocycles. The number of carbonyl (C=O) groups is 1. The van der Waals surface area contributed by atoms with Crippen molar-refractivity contribution in [3.05, 3.63) is 10.4 Å². The van der Waals surface area contributed by atoms with E-state index in [-0.39, 0.29) is 12.6 Å². The lowest BCUT2D eigenvalue weighted by molar-refractivity contribution is -0.152. The molecule has 7 heteroatoms. The van der Waals surface area contributed by atoms with E-state index in [1.165, 1.54) is 0 Å². The summed E-state index contributed by atoms with van der Waals surface area (Å²) >= 11 is 0. The quantitative estimate of drug-likeness (QED) is 0.313. The smallest absolute Gasteiger partial charge is 0.324 e. The predicted molar refractivity (Wildman–Crippen MR) is 66.3 cm³/mol. The molecule has 0 aromatic rings. The molecule has 0 spiro atoms. The Morgan fingerprint density at radius 1 is 1.72 bits per heavy atom. The van der Waals surface area contributed by atoms with E-state index in [1.54, 1.807) is 0 Å². The van der Waals surface area contributed by atoms with Gasteiger partial charge in [0.1, 0.15) is 5.54 Å². The number of carboxylic acids is 1. The van der Waals surface area contributed by atoms with Crippen LogP contribution in [0.4, 0.5) is 0 Å². The van der Waals surface area contributed by atoms with E-state index in [2.05, 4.69) is 22.3 Å². The topological polar surface area (TPSA) is 107 Å². The third kappa shape index (κ3) is 3.87. The second-order valence-electron chi connectivity index (χ2n) is 4.50. The normalized spacial score (nSPS) is 27.5. The van der Waals surface area contributed by atoms with Gasteiger partial charge in [0.25, 0.3) is 0 Å². The molecule has 1 aliphatic rings. The van der Waals surface area contributed by atoms with Crippen LogP contribution in [0.15, 0.2) is 5.11 Å². The zero-order valence-corrected chi connectivity index (χ0v) is 10.6. The lowest BCUT2D eigenvalue weighted by Gasteiger charge is -2.38. The Morgan fingerprint density at radius 3 is 3.11 bits per heavy atom. The summed E-state index contributed by atoms with van der Waals surface area (Å²) in [6, 6.07) is 0. The highest BCUT2D eigenvalue weighted by Crippen LogP contribution is 2.27. The molecule has 18 heavy (non-hydrogen) atoms. The van der Waals surface area contributed by atoms with E-state index in [0.29, 0.717) is 26.0 Å². The van der Waals surface area contributed by atoms with Gasteiger partial charge in [-0.2, -0.15) is 0 Å². The molecule has 0 aromatic carbocycles. The van der Waals surface area contributed by atoms with Gasteiger partial charge in [-0.15, -0.1) is 0 Å². The van der Waals surface area contributed by atoms with Crippen LogP contribution in [0.5, 0.6) is 0 Å². The van der Waals surface area contributed by atoms with Crippen LogP contribution in [0, 0.1) is 0 Å². The predicted octanol–water partition coefficient (Wildman–Crippen LogP) is 1.69. The number of ether oxygens (including phenoxy) is 1. The number of nitrogens with one attached hydrogen (secondary N) is 1. The Hall–Kier alpha value is -1.30. The number of carboxylic acid groups (broad SMARTS) is 1. The van der Waals surface area contributed by atoms with E-state index in [9.17, 15) is 9.90 Å². The first-order valence-electron chi connectivity index (χ1n) is 6.25. The second-order valence-corrected chi connectivity index (χ2v) is 4.50. The lowest BCUT2D eigenvalue weighted by Crippen LogP contribution is -2.57. The van der Waals surface area contributed by atoms with Gasteiger partial charge in [0.2, 0.25) is 0 Å². The number of aliphatic carboxylic acids is 1. The van der Waals surface area contributed by atoms with Gasteiger partial charge in [0, 0.05) is 31.0 Å². The van der Waals surface area contributed by atoms with Crippen molar-refractivity contribution in [3.63, 3.8) is 0 Å². The maximum absolute atomic E-state index is 11.5. The van der Waals surface area contributed by atoms with Gasteiger partial charge in [-0.25, -0.2) is 0 Å². The molecule has 1 rings (SSSR count). The van der Waals surface area contributed by atoms with Gasteiger partial charge in [0.05, 0.1) is 6.10 Å². The monoisotopic (exact) mass is 256 g/mol. The minimum atomic E-state index is -0.941. The number of nitrogens with zero attached hydrogens (tertiary/aromatic N) is 3. The molecule has 0 radical (unpaired) electrons. The maximum atomic E-state index is 11.5. The van der Waals surface area contributed by atoms with Crippen LogP contribution in [0.2, 0.25) is 0 Å². The molecule has 1 saturated heterocycles. The Bertz CT molecular complexity index is 328. The average molecular weight is 256 g/mol. The summed E-state index contributed by atoms with van der Waals surface area (Å²) in [4.78, 5) is 14.1. The third-order valence-electron chi connectivity index (χ3n) is 3.22. The van der Waals surface area contributed by atoms with Gasteiger partial charge in [0.15, 0.2) is 0 Å². The lowest BCUT2D eigenvalue weighted by atomic mass is 9.85. The van der Waals surface area contributed by atoms with Crippen LogP contribution in [0.25, 0.3) is 10.4 Å². The van der Waals surface area contributed by atoms with Gasteiger partial charge >= 0.3 is 5.97 Å². The molecule has 0 amide bonds. The summed E-state index contributed by atoms with van der Waals surface area (Å²) in [5.74, 6) is -0.854. The van der Waals surface area contributed by atoms with Gasteiger partial charge in [-0.3, -0.25) is 4.79 Å². The molecule has 0 bridgehead atoms. The minimum absolute atomic E-state index is 0.00758. The van der Waals surface area contributed by atoms with Crippen molar-refractivity contribution in [2.75, 3.05) is 19.7 Å². The molecule has 1 heterocycles. The fourth-order valence-corrected chi connectivity index (χ4v) is 2.28. The van der Waals surface area contributed by atoms with E-state index < -0.39 is 11.5 Å². The maximum Gasteiger partial charge on any atom is 0.324 e. The molecule has 1 aliphatic heterocycles. The van der Waals surface area contributed by atoms with E-state index in [4.69, 9.17) is 10.3 Å². The molecule has 0 aliphatic carbocycles. The van der Waals surface area contributed by atoms with Crippen LogP contribution in [0.1, 0.15) is 32.6 Å². The SMILES string of the molecule is CCCC1CC(NCCN=[N+]=[N-])(C(=O)O)CCO1. The first kappa shape index (κ1) is 14.8. The Balaban J connectivity index is 2.61. The molecule has 2 N–H and O–H groups in total. The first-order chi connectivity index (χ1) is 8.64. The summed E-state index contributed by atoms with van der Waals surface area (Å²) in [7, 11) is 0. The van der Waals surface area contributed by atoms with Gasteiger partial charge < -0.3 is 15.2 Å². The molecule has 7 nitrogen and oxygen atoms in total. The van der Waals surface area contributed by atoms with Crippen molar-refractivity contribution in [3.8, 4) is 0 Å². The summed E-state index contributed by atoms with van der Waals surface area (Å²) in [5.41, 5.74) is 7.24.